The molecule has 5 heterocycles. The summed E-state index contributed by atoms with van der Waals surface area (Å²) in [5.74, 6) is 0.662. The Morgan fingerprint density at radius 1 is 1.30 bits per heavy atom. The molecule has 4 aromatic rings. The monoisotopic (exact) mass is 465 g/mol. The maximum absolute atomic E-state index is 12.9. The Bertz CT molecular complexity index is 1410. The van der Waals surface area contributed by atoms with E-state index in [0.29, 0.717) is 41.1 Å². The Hall–Kier alpha value is -4.06. The van der Waals surface area contributed by atoms with Gasteiger partial charge in [0.1, 0.15) is 23.5 Å². The van der Waals surface area contributed by atoms with Gasteiger partial charge in [0.25, 0.3) is 0 Å². The second-order valence-electron chi connectivity index (χ2n) is 7.58. The third kappa shape index (κ3) is 3.74. The number of aromatic carboxylic acids is 1. The highest BCUT2D eigenvalue weighted by atomic mass is 32.1. The smallest absolute Gasteiger partial charge is 0.341 e. The zero-order chi connectivity index (χ0) is 23.1. The maximum Gasteiger partial charge on any atom is 0.341 e. The van der Waals surface area contributed by atoms with Gasteiger partial charge >= 0.3 is 5.97 Å². The van der Waals surface area contributed by atoms with Gasteiger partial charge in [0.15, 0.2) is 5.65 Å². The van der Waals surface area contributed by atoms with E-state index in [9.17, 15) is 14.7 Å². The van der Waals surface area contributed by atoms with E-state index in [4.69, 9.17) is 9.72 Å². The van der Waals surface area contributed by atoms with Crippen molar-refractivity contribution in [2.24, 2.45) is 0 Å². The first kappa shape index (κ1) is 20.8. The van der Waals surface area contributed by atoms with Crippen LogP contribution in [0, 0.1) is 6.92 Å². The molecule has 0 aromatic carbocycles. The zero-order valence-corrected chi connectivity index (χ0v) is 18.5. The number of carboxylic acids is 1. The number of nitrogens with one attached hydrogen (secondary N) is 1. The van der Waals surface area contributed by atoms with Crippen molar-refractivity contribution < 1.29 is 14.6 Å². The first-order valence-corrected chi connectivity index (χ1v) is 10.8. The molecule has 2 N–H and O–H groups in total. The van der Waals surface area contributed by atoms with E-state index in [1.165, 1.54) is 17.1 Å². The summed E-state index contributed by atoms with van der Waals surface area (Å²) in [4.78, 5) is 39.9. The number of ether oxygens (including phenoxy) is 1. The topological polar surface area (TPSA) is 135 Å². The number of carboxylic acid groups (broad SMARTS) is 1. The lowest BCUT2D eigenvalue weighted by Gasteiger charge is -2.40. The molecule has 0 spiro atoms. The summed E-state index contributed by atoms with van der Waals surface area (Å²) in [5, 5.41) is 13.6. The van der Waals surface area contributed by atoms with Crippen molar-refractivity contribution in [1.29, 1.82) is 0 Å². The van der Waals surface area contributed by atoms with Gasteiger partial charge in [0.2, 0.25) is 16.4 Å². The molecule has 4 aromatic heterocycles. The van der Waals surface area contributed by atoms with Crippen LogP contribution in [0.4, 0.5) is 11.6 Å². The molecule has 1 fully saturated rings. The van der Waals surface area contributed by atoms with Gasteiger partial charge in [0, 0.05) is 36.9 Å². The van der Waals surface area contributed by atoms with Crippen LogP contribution >= 0.6 is 11.5 Å². The van der Waals surface area contributed by atoms with E-state index in [1.54, 1.807) is 26.2 Å². The van der Waals surface area contributed by atoms with Crippen LogP contribution in [0.1, 0.15) is 15.9 Å². The van der Waals surface area contributed by atoms with Gasteiger partial charge in [-0.2, -0.15) is 9.36 Å². The number of nitrogens with zero attached hydrogens (tertiary/aromatic N) is 6. The average molecular weight is 465 g/mol. The standard InChI is InChI=1S/C21H19N7O4S/c1-11-6-15(27-7-12(8-27)24-14-4-3-5-16(25-14)32-2)26-19-17(11)18(29)13(20(30)31)9-28(19)21-22-10-23-33-21/h3-6,9-10,12H,7-8H2,1-2H3,(H,24,25)(H,30,31). The molecule has 0 amide bonds. The van der Waals surface area contributed by atoms with E-state index in [0.717, 1.165) is 17.4 Å². The third-order valence-electron chi connectivity index (χ3n) is 5.42. The molecular formula is C21H19N7O4S. The van der Waals surface area contributed by atoms with Crippen molar-refractivity contribution in [3.63, 3.8) is 0 Å². The first-order valence-electron chi connectivity index (χ1n) is 10.0. The predicted molar refractivity (Wildman–Crippen MR) is 123 cm³/mol. The molecule has 1 aliphatic heterocycles. The fraction of sp³-hybridized carbons (Fsp3) is 0.238. The summed E-state index contributed by atoms with van der Waals surface area (Å²) in [5.41, 5.74) is 0.0891. The Morgan fingerprint density at radius 3 is 2.82 bits per heavy atom. The molecule has 5 rings (SSSR count). The Labute approximate surface area is 191 Å². The van der Waals surface area contributed by atoms with Crippen LogP contribution in [0.15, 0.2) is 41.6 Å². The minimum atomic E-state index is -1.30. The largest absolute Gasteiger partial charge is 0.481 e. The number of aryl methyl sites for hydroxylation is 1. The summed E-state index contributed by atoms with van der Waals surface area (Å²) in [6.45, 7) is 3.15. The highest BCUT2D eigenvalue weighted by molar-refractivity contribution is 7.08. The predicted octanol–water partition coefficient (Wildman–Crippen LogP) is 1.95. The molecule has 1 aliphatic rings. The van der Waals surface area contributed by atoms with Gasteiger partial charge in [-0.1, -0.05) is 6.07 Å². The molecule has 12 heteroatoms. The van der Waals surface area contributed by atoms with Crippen molar-refractivity contribution in [3.05, 3.63) is 58.1 Å². The molecular weight excluding hydrogens is 446 g/mol. The Kier molecular flexibility index (Phi) is 5.13. The number of hydrogen-bond acceptors (Lipinski definition) is 10. The lowest BCUT2D eigenvalue weighted by atomic mass is 10.1. The molecule has 168 valence electrons. The van der Waals surface area contributed by atoms with Gasteiger partial charge in [0.05, 0.1) is 18.5 Å². The van der Waals surface area contributed by atoms with Crippen molar-refractivity contribution >= 4 is 40.2 Å². The number of aromatic nitrogens is 5. The van der Waals surface area contributed by atoms with Crippen LogP contribution in [0.2, 0.25) is 0 Å². The van der Waals surface area contributed by atoms with Crippen LogP contribution in [0.25, 0.3) is 16.2 Å². The first-order chi connectivity index (χ1) is 15.9. The molecule has 0 aliphatic carbocycles. The fourth-order valence-electron chi connectivity index (χ4n) is 3.79. The second kappa shape index (κ2) is 8.13. The molecule has 33 heavy (non-hydrogen) atoms. The van der Waals surface area contributed by atoms with Crippen molar-refractivity contribution in [2.45, 2.75) is 13.0 Å². The van der Waals surface area contributed by atoms with Crippen LogP contribution < -0.4 is 20.4 Å². The fourth-order valence-corrected chi connectivity index (χ4v) is 4.30. The normalized spacial score (nSPS) is 13.7. The van der Waals surface area contributed by atoms with Gasteiger partial charge in [-0.25, -0.2) is 14.8 Å². The van der Waals surface area contributed by atoms with Gasteiger partial charge in [-0.3, -0.25) is 9.36 Å². The van der Waals surface area contributed by atoms with E-state index < -0.39 is 11.4 Å². The molecule has 0 atom stereocenters. The average Bonchev–Trinajstić information content (AvgIpc) is 3.30. The van der Waals surface area contributed by atoms with Crippen LogP contribution in [-0.2, 0) is 0 Å². The Balaban J connectivity index is 1.48. The summed E-state index contributed by atoms with van der Waals surface area (Å²) < 4.78 is 10.7. The van der Waals surface area contributed by atoms with E-state index in [1.807, 2.05) is 12.1 Å². The SMILES string of the molecule is COc1cccc(NC2CN(c3cc(C)c4c(=O)c(C(=O)O)cn(-c5ncns5)c4n3)C2)n1. The highest BCUT2D eigenvalue weighted by Gasteiger charge is 2.29. The lowest BCUT2D eigenvalue weighted by molar-refractivity contribution is 0.0695. The molecule has 0 bridgehead atoms. The van der Waals surface area contributed by atoms with E-state index >= 15 is 0 Å². The number of carbonyl (C=O) groups is 1. The number of pyridine rings is 3. The molecule has 0 unspecified atom stereocenters. The van der Waals surface area contributed by atoms with E-state index in [-0.39, 0.29) is 17.0 Å². The number of methoxy groups -OCH3 is 1. The number of fused-ring (bicyclic) bond motifs is 1. The van der Waals surface area contributed by atoms with Crippen LogP contribution in [-0.4, -0.2) is 61.2 Å². The zero-order valence-electron chi connectivity index (χ0n) is 17.7. The maximum atomic E-state index is 12.9. The third-order valence-corrected chi connectivity index (χ3v) is 6.08. The molecule has 1 saturated heterocycles. The van der Waals surface area contributed by atoms with Crippen molar-refractivity contribution in [2.75, 3.05) is 30.4 Å². The van der Waals surface area contributed by atoms with Gasteiger partial charge in [-0.15, -0.1) is 0 Å². The molecule has 0 radical (unpaired) electrons. The number of rotatable bonds is 6. The summed E-state index contributed by atoms with van der Waals surface area (Å²) in [6.07, 6.45) is 2.64. The van der Waals surface area contributed by atoms with Crippen LogP contribution in [0.3, 0.4) is 0 Å². The van der Waals surface area contributed by atoms with Crippen molar-refractivity contribution in [1.82, 2.24) is 23.9 Å². The van der Waals surface area contributed by atoms with Gasteiger partial charge < -0.3 is 20.1 Å². The van der Waals surface area contributed by atoms with E-state index in [2.05, 4.69) is 24.6 Å². The quantitative estimate of drug-likeness (QED) is 0.435. The highest BCUT2D eigenvalue weighted by Crippen LogP contribution is 2.27. The Morgan fingerprint density at radius 2 is 2.12 bits per heavy atom. The minimum Gasteiger partial charge on any atom is -0.481 e. The van der Waals surface area contributed by atoms with Crippen LogP contribution in [0.5, 0.6) is 5.88 Å². The molecule has 11 nitrogen and oxygen atoms in total. The summed E-state index contributed by atoms with van der Waals surface area (Å²) in [6, 6.07) is 7.51. The number of hydrogen-bond donors (Lipinski definition) is 2. The van der Waals surface area contributed by atoms with Crippen molar-refractivity contribution in [3.8, 4) is 11.0 Å². The molecule has 0 saturated carbocycles. The number of anilines is 2. The summed E-state index contributed by atoms with van der Waals surface area (Å²) >= 11 is 1.09. The summed E-state index contributed by atoms with van der Waals surface area (Å²) in [7, 11) is 1.58. The van der Waals surface area contributed by atoms with Gasteiger partial charge in [-0.05, 0) is 24.6 Å². The lowest BCUT2D eigenvalue weighted by Crippen LogP contribution is -2.55. The second-order valence-corrected chi connectivity index (χ2v) is 8.34. The minimum absolute atomic E-state index is 0.169.